The van der Waals surface area contributed by atoms with Gasteiger partial charge in [-0.3, -0.25) is 9.69 Å². The molecule has 1 fully saturated rings. The van der Waals surface area contributed by atoms with Gasteiger partial charge in [-0.2, -0.15) is 0 Å². The number of piperidine rings is 1. The molecular formula is C20H33ClIN5O2. The Balaban J connectivity index is 0.00000420. The summed E-state index contributed by atoms with van der Waals surface area (Å²) >= 11 is 5.95. The Morgan fingerprint density at radius 1 is 1.24 bits per heavy atom. The summed E-state index contributed by atoms with van der Waals surface area (Å²) in [5, 5.41) is 10.2. The molecule has 0 aromatic heterocycles. The van der Waals surface area contributed by atoms with Crippen LogP contribution in [0.5, 0.6) is 0 Å². The van der Waals surface area contributed by atoms with Gasteiger partial charge in [-0.05, 0) is 37.5 Å². The molecule has 1 heterocycles. The van der Waals surface area contributed by atoms with Gasteiger partial charge in [0.15, 0.2) is 5.96 Å². The van der Waals surface area contributed by atoms with Crippen LogP contribution in [-0.2, 0) is 16.1 Å². The van der Waals surface area contributed by atoms with E-state index in [-0.39, 0.29) is 36.4 Å². The van der Waals surface area contributed by atoms with E-state index in [1.54, 1.807) is 7.11 Å². The van der Waals surface area contributed by atoms with Crippen molar-refractivity contribution < 1.29 is 9.53 Å². The standard InChI is InChI=1S/C20H32ClN5O2.HI/c1-3-22-20(24-14-19(27)23-10-13-28-2)25-18-8-11-26(12-9-18)15-16-4-6-17(21)7-5-16;/h4-7,18H,3,8-15H2,1-2H3,(H,23,27)(H2,22,24,25);1H. The maximum absolute atomic E-state index is 11.8. The van der Waals surface area contributed by atoms with Crippen LogP contribution in [0.2, 0.25) is 5.02 Å². The van der Waals surface area contributed by atoms with E-state index in [2.05, 4.69) is 38.0 Å². The Morgan fingerprint density at radius 2 is 1.93 bits per heavy atom. The number of amides is 1. The largest absolute Gasteiger partial charge is 0.383 e. The summed E-state index contributed by atoms with van der Waals surface area (Å²) in [6.45, 7) is 6.88. The molecule has 1 aliphatic rings. The Hall–Kier alpha value is -1.10. The average molecular weight is 538 g/mol. The first-order valence-electron chi connectivity index (χ1n) is 9.88. The van der Waals surface area contributed by atoms with Gasteiger partial charge in [-0.15, -0.1) is 24.0 Å². The SMILES string of the molecule is CCNC(=NCC(=O)NCCOC)NC1CCN(Cc2ccc(Cl)cc2)CC1.I. The van der Waals surface area contributed by atoms with Crippen LogP contribution < -0.4 is 16.0 Å². The minimum absolute atomic E-state index is 0. The van der Waals surface area contributed by atoms with Gasteiger partial charge in [0.1, 0.15) is 6.54 Å². The lowest BCUT2D eigenvalue weighted by Gasteiger charge is -2.33. The van der Waals surface area contributed by atoms with E-state index in [4.69, 9.17) is 16.3 Å². The van der Waals surface area contributed by atoms with Crippen molar-refractivity contribution in [3.8, 4) is 0 Å². The number of ether oxygens (including phenoxy) is 1. The third kappa shape index (κ3) is 10.5. The number of benzene rings is 1. The quantitative estimate of drug-likeness (QED) is 0.195. The Labute approximate surface area is 196 Å². The van der Waals surface area contributed by atoms with Gasteiger partial charge in [0.25, 0.3) is 0 Å². The fourth-order valence-corrected chi connectivity index (χ4v) is 3.22. The maximum Gasteiger partial charge on any atom is 0.241 e. The maximum atomic E-state index is 11.8. The number of carbonyl (C=O) groups is 1. The van der Waals surface area contributed by atoms with E-state index < -0.39 is 0 Å². The second-order valence-electron chi connectivity index (χ2n) is 6.86. The summed E-state index contributed by atoms with van der Waals surface area (Å²) in [5.74, 6) is 0.590. The Kier molecular flexibility index (Phi) is 13.2. The first-order chi connectivity index (χ1) is 13.6. The fourth-order valence-electron chi connectivity index (χ4n) is 3.10. The van der Waals surface area contributed by atoms with E-state index in [0.717, 1.165) is 44.0 Å². The van der Waals surface area contributed by atoms with Crippen molar-refractivity contribution >= 4 is 47.4 Å². The van der Waals surface area contributed by atoms with Crippen molar-refractivity contribution in [1.82, 2.24) is 20.9 Å². The molecule has 1 aliphatic heterocycles. The van der Waals surface area contributed by atoms with E-state index in [1.807, 2.05) is 19.1 Å². The van der Waals surface area contributed by atoms with Crippen LogP contribution in [0.1, 0.15) is 25.3 Å². The highest BCUT2D eigenvalue weighted by atomic mass is 127. The molecule has 164 valence electrons. The van der Waals surface area contributed by atoms with Crippen molar-refractivity contribution in [2.75, 3.05) is 46.4 Å². The molecule has 0 bridgehead atoms. The van der Waals surface area contributed by atoms with Gasteiger partial charge in [-0.25, -0.2) is 4.99 Å². The number of guanidine groups is 1. The molecule has 1 aromatic rings. The number of halogens is 2. The minimum atomic E-state index is -0.105. The second-order valence-corrected chi connectivity index (χ2v) is 7.30. The molecule has 1 amide bonds. The molecule has 0 aliphatic carbocycles. The number of likely N-dealkylation sites (tertiary alicyclic amines) is 1. The molecule has 7 nitrogen and oxygen atoms in total. The van der Waals surface area contributed by atoms with Gasteiger partial charge >= 0.3 is 0 Å². The third-order valence-electron chi connectivity index (χ3n) is 4.60. The van der Waals surface area contributed by atoms with Gasteiger partial charge in [-0.1, -0.05) is 23.7 Å². The predicted octanol–water partition coefficient (Wildman–Crippen LogP) is 2.24. The number of rotatable bonds is 9. The first-order valence-corrected chi connectivity index (χ1v) is 10.3. The molecule has 1 saturated heterocycles. The lowest BCUT2D eigenvalue weighted by atomic mass is 10.0. The van der Waals surface area contributed by atoms with Gasteiger partial charge in [0.05, 0.1) is 6.61 Å². The summed E-state index contributed by atoms with van der Waals surface area (Å²) < 4.78 is 4.92. The van der Waals surface area contributed by atoms with Crippen LogP contribution >= 0.6 is 35.6 Å². The van der Waals surface area contributed by atoms with Gasteiger partial charge in [0, 0.05) is 50.9 Å². The van der Waals surface area contributed by atoms with Crippen LogP contribution in [-0.4, -0.2) is 69.2 Å². The highest BCUT2D eigenvalue weighted by Crippen LogP contribution is 2.15. The molecule has 9 heteroatoms. The first kappa shape index (κ1) is 25.9. The van der Waals surface area contributed by atoms with Crippen LogP contribution in [0.25, 0.3) is 0 Å². The van der Waals surface area contributed by atoms with E-state index >= 15 is 0 Å². The number of methoxy groups -OCH3 is 1. The molecule has 0 atom stereocenters. The Morgan fingerprint density at radius 3 is 2.55 bits per heavy atom. The number of nitrogens with zero attached hydrogens (tertiary/aromatic N) is 2. The summed E-state index contributed by atoms with van der Waals surface area (Å²) in [7, 11) is 1.61. The zero-order valence-electron chi connectivity index (χ0n) is 17.2. The van der Waals surface area contributed by atoms with Gasteiger partial charge in [0.2, 0.25) is 5.91 Å². The predicted molar refractivity (Wildman–Crippen MR) is 129 cm³/mol. The van der Waals surface area contributed by atoms with E-state index in [1.165, 1.54) is 5.56 Å². The molecule has 1 aromatic carbocycles. The van der Waals surface area contributed by atoms with Crippen molar-refractivity contribution in [2.24, 2.45) is 4.99 Å². The molecule has 3 N–H and O–H groups in total. The smallest absolute Gasteiger partial charge is 0.241 e. The van der Waals surface area contributed by atoms with Crippen molar-refractivity contribution in [2.45, 2.75) is 32.4 Å². The molecule has 0 saturated carbocycles. The second kappa shape index (κ2) is 14.8. The summed E-state index contributed by atoms with van der Waals surface area (Å²) in [6, 6.07) is 8.40. The number of hydrogen-bond donors (Lipinski definition) is 3. The zero-order valence-corrected chi connectivity index (χ0v) is 20.3. The highest BCUT2D eigenvalue weighted by molar-refractivity contribution is 14.0. The summed E-state index contributed by atoms with van der Waals surface area (Å²) in [6.07, 6.45) is 2.08. The lowest BCUT2D eigenvalue weighted by Crippen LogP contribution is -2.48. The molecular weight excluding hydrogens is 505 g/mol. The zero-order chi connectivity index (χ0) is 20.2. The molecule has 0 spiro atoms. The molecule has 29 heavy (non-hydrogen) atoms. The van der Waals surface area contributed by atoms with Gasteiger partial charge < -0.3 is 20.7 Å². The summed E-state index contributed by atoms with van der Waals surface area (Å²) in [4.78, 5) is 18.7. The van der Waals surface area contributed by atoms with Crippen molar-refractivity contribution in [3.05, 3.63) is 34.9 Å². The number of carbonyl (C=O) groups excluding carboxylic acids is 1. The number of hydrogen-bond acceptors (Lipinski definition) is 4. The van der Waals surface area contributed by atoms with Crippen LogP contribution in [0.3, 0.4) is 0 Å². The highest BCUT2D eigenvalue weighted by Gasteiger charge is 2.20. The molecule has 2 rings (SSSR count). The van der Waals surface area contributed by atoms with E-state index in [0.29, 0.717) is 25.2 Å². The van der Waals surface area contributed by atoms with Crippen molar-refractivity contribution in [3.63, 3.8) is 0 Å². The minimum Gasteiger partial charge on any atom is -0.383 e. The fraction of sp³-hybridized carbons (Fsp3) is 0.600. The van der Waals surface area contributed by atoms with Crippen LogP contribution in [0, 0.1) is 0 Å². The van der Waals surface area contributed by atoms with E-state index in [9.17, 15) is 4.79 Å². The van der Waals surface area contributed by atoms with Crippen LogP contribution in [0.4, 0.5) is 0 Å². The molecule has 0 unspecified atom stereocenters. The third-order valence-corrected chi connectivity index (χ3v) is 4.85. The van der Waals surface area contributed by atoms with Crippen LogP contribution in [0.15, 0.2) is 29.3 Å². The summed E-state index contributed by atoms with van der Waals surface area (Å²) in [5.41, 5.74) is 1.28. The normalized spacial score (nSPS) is 15.5. The topological polar surface area (TPSA) is 78.0 Å². The monoisotopic (exact) mass is 537 g/mol. The molecule has 0 radical (unpaired) electrons. The number of nitrogens with one attached hydrogen (secondary N) is 3. The Bertz CT molecular complexity index is 622. The lowest BCUT2D eigenvalue weighted by molar-refractivity contribution is -0.119. The average Bonchev–Trinajstić information content (AvgIpc) is 2.70. The number of aliphatic imine (C=N–C) groups is 1. The van der Waals surface area contributed by atoms with Crippen molar-refractivity contribution in [1.29, 1.82) is 0 Å².